The van der Waals surface area contributed by atoms with Crippen LogP contribution >= 0.6 is 0 Å². The van der Waals surface area contributed by atoms with Gasteiger partial charge in [0.15, 0.2) is 0 Å². The van der Waals surface area contributed by atoms with Gasteiger partial charge in [0.05, 0.1) is 12.3 Å². The molecule has 0 atom stereocenters. The van der Waals surface area contributed by atoms with Gasteiger partial charge in [-0.25, -0.2) is 0 Å². The van der Waals surface area contributed by atoms with Crippen LogP contribution in [0.25, 0.3) is 0 Å². The molecule has 6 heteroatoms. The number of benzene rings is 1. The van der Waals surface area contributed by atoms with Crippen molar-refractivity contribution in [2.75, 3.05) is 12.3 Å². The number of para-hydroxylation sites is 1. The van der Waals surface area contributed by atoms with Crippen molar-refractivity contribution in [3.8, 4) is 5.75 Å². The Kier molecular flexibility index (Phi) is 4.14. The van der Waals surface area contributed by atoms with E-state index in [4.69, 9.17) is 15.0 Å². The molecule has 1 rings (SSSR count). The van der Waals surface area contributed by atoms with Gasteiger partial charge in [0.1, 0.15) is 10.6 Å². The minimum Gasteiger partial charge on any atom is -0.491 e. The van der Waals surface area contributed by atoms with Gasteiger partial charge in [-0.2, -0.15) is 8.42 Å². The molecule has 0 heterocycles. The quantitative estimate of drug-likeness (QED) is 0.468. The van der Waals surface area contributed by atoms with Crippen LogP contribution in [0.15, 0.2) is 23.1 Å². The summed E-state index contributed by atoms with van der Waals surface area (Å²) in [5.41, 5.74) is 5.53. The highest BCUT2D eigenvalue weighted by Gasteiger charge is 2.16. The van der Waals surface area contributed by atoms with E-state index in [9.17, 15) is 8.42 Å². The summed E-state index contributed by atoms with van der Waals surface area (Å²) >= 11 is 0. The van der Waals surface area contributed by atoms with Crippen LogP contribution in [0.3, 0.4) is 0 Å². The van der Waals surface area contributed by atoms with Gasteiger partial charge in [0, 0.05) is 0 Å². The third-order valence-electron chi connectivity index (χ3n) is 2.06. The lowest BCUT2D eigenvalue weighted by Gasteiger charge is -2.10. The number of ether oxygens (including phenoxy) is 1. The van der Waals surface area contributed by atoms with E-state index in [-0.39, 0.29) is 16.3 Å². The fourth-order valence-corrected chi connectivity index (χ4v) is 1.83. The van der Waals surface area contributed by atoms with Crippen molar-refractivity contribution in [1.82, 2.24) is 0 Å². The van der Waals surface area contributed by atoms with Gasteiger partial charge in [0.25, 0.3) is 10.1 Å². The lowest BCUT2D eigenvalue weighted by atomic mass is 10.3. The van der Waals surface area contributed by atoms with Crippen LogP contribution in [0.2, 0.25) is 0 Å². The Morgan fingerprint density at radius 2 is 2.12 bits per heavy atom. The lowest BCUT2D eigenvalue weighted by molar-refractivity contribution is 0.310. The Morgan fingerprint density at radius 1 is 1.44 bits per heavy atom. The SMILES string of the molecule is CCCCOc1cccc(S(=O)(=O)O)c1N. The molecule has 5 nitrogen and oxygen atoms in total. The second-order valence-electron chi connectivity index (χ2n) is 3.35. The van der Waals surface area contributed by atoms with E-state index in [0.717, 1.165) is 12.8 Å². The van der Waals surface area contributed by atoms with Crippen molar-refractivity contribution in [1.29, 1.82) is 0 Å². The fourth-order valence-electron chi connectivity index (χ4n) is 1.20. The van der Waals surface area contributed by atoms with Crippen LogP contribution in [0.4, 0.5) is 5.69 Å². The van der Waals surface area contributed by atoms with Gasteiger partial charge in [-0.05, 0) is 18.6 Å². The summed E-state index contributed by atoms with van der Waals surface area (Å²) < 4.78 is 36.1. The van der Waals surface area contributed by atoms with Gasteiger partial charge in [-0.15, -0.1) is 0 Å². The van der Waals surface area contributed by atoms with Gasteiger partial charge in [-0.1, -0.05) is 19.4 Å². The monoisotopic (exact) mass is 245 g/mol. The molecule has 90 valence electrons. The summed E-state index contributed by atoms with van der Waals surface area (Å²) in [6, 6.07) is 4.28. The molecule has 0 aliphatic carbocycles. The molecule has 16 heavy (non-hydrogen) atoms. The van der Waals surface area contributed by atoms with Crippen LogP contribution in [0.5, 0.6) is 5.75 Å². The van der Waals surface area contributed by atoms with E-state index < -0.39 is 10.1 Å². The maximum absolute atomic E-state index is 11.0. The van der Waals surface area contributed by atoms with Crippen LogP contribution in [0, 0.1) is 0 Å². The Hall–Kier alpha value is -1.27. The molecule has 0 aliphatic heterocycles. The highest BCUT2D eigenvalue weighted by molar-refractivity contribution is 7.86. The smallest absolute Gasteiger partial charge is 0.296 e. The standard InChI is InChI=1S/C10H15NO4S/c1-2-3-7-15-8-5-4-6-9(10(8)11)16(12,13)14/h4-6H,2-3,7,11H2,1H3,(H,12,13,14). The van der Waals surface area contributed by atoms with Crippen LogP contribution < -0.4 is 10.5 Å². The molecule has 3 N–H and O–H groups in total. The van der Waals surface area contributed by atoms with Gasteiger partial charge in [-0.3, -0.25) is 4.55 Å². The Morgan fingerprint density at radius 3 is 2.69 bits per heavy atom. The van der Waals surface area contributed by atoms with Crippen molar-refractivity contribution in [2.24, 2.45) is 0 Å². The minimum atomic E-state index is -4.29. The van der Waals surface area contributed by atoms with E-state index in [1.807, 2.05) is 6.92 Å². The lowest BCUT2D eigenvalue weighted by Crippen LogP contribution is -2.06. The van der Waals surface area contributed by atoms with Gasteiger partial charge >= 0.3 is 0 Å². The first-order chi connectivity index (χ1) is 7.46. The highest BCUT2D eigenvalue weighted by Crippen LogP contribution is 2.28. The summed E-state index contributed by atoms with van der Waals surface area (Å²) in [7, 11) is -4.29. The Balaban J connectivity index is 2.96. The number of hydrogen-bond acceptors (Lipinski definition) is 4. The summed E-state index contributed by atoms with van der Waals surface area (Å²) in [6.45, 7) is 2.48. The molecule has 0 bridgehead atoms. The van der Waals surface area contributed by atoms with Crippen LogP contribution in [0.1, 0.15) is 19.8 Å². The summed E-state index contributed by atoms with van der Waals surface area (Å²) in [5.74, 6) is 0.281. The normalized spacial score (nSPS) is 11.4. The van der Waals surface area contributed by atoms with Crippen LogP contribution in [-0.4, -0.2) is 19.6 Å². The molecule has 0 unspecified atom stereocenters. The molecule has 0 fully saturated rings. The molecule has 0 aromatic heterocycles. The average molecular weight is 245 g/mol. The average Bonchev–Trinajstić information content (AvgIpc) is 2.19. The second kappa shape index (κ2) is 5.18. The highest BCUT2D eigenvalue weighted by atomic mass is 32.2. The Labute approximate surface area is 95.0 Å². The summed E-state index contributed by atoms with van der Waals surface area (Å²) in [4.78, 5) is -0.318. The molecular weight excluding hydrogens is 230 g/mol. The zero-order valence-electron chi connectivity index (χ0n) is 9.01. The number of nitrogen functional groups attached to an aromatic ring is 1. The molecular formula is C10H15NO4S. The molecule has 1 aromatic rings. The van der Waals surface area contributed by atoms with Crippen molar-refractivity contribution < 1.29 is 17.7 Å². The van der Waals surface area contributed by atoms with E-state index in [2.05, 4.69) is 0 Å². The van der Waals surface area contributed by atoms with Crippen LogP contribution in [-0.2, 0) is 10.1 Å². The minimum absolute atomic E-state index is 0.0545. The van der Waals surface area contributed by atoms with Gasteiger partial charge < -0.3 is 10.5 Å². The second-order valence-corrected chi connectivity index (χ2v) is 4.74. The molecule has 0 aliphatic rings. The molecule has 0 saturated carbocycles. The maximum atomic E-state index is 11.0. The Bertz CT molecular complexity index is 456. The third-order valence-corrected chi connectivity index (χ3v) is 2.97. The van der Waals surface area contributed by atoms with E-state index in [1.54, 1.807) is 6.07 Å². The van der Waals surface area contributed by atoms with Crippen molar-refractivity contribution in [3.63, 3.8) is 0 Å². The first-order valence-corrected chi connectivity index (χ1v) is 6.39. The molecule has 0 saturated heterocycles. The number of anilines is 1. The first kappa shape index (κ1) is 12.8. The van der Waals surface area contributed by atoms with E-state index >= 15 is 0 Å². The van der Waals surface area contributed by atoms with Gasteiger partial charge in [0.2, 0.25) is 0 Å². The van der Waals surface area contributed by atoms with Crippen molar-refractivity contribution in [2.45, 2.75) is 24.7 Å². The van der Waals surface area contributed by atoms with E-state index in [0.29, 0.717) is 6.61 Å². The summed E-state index contributed by atoms with van der Waals surface area (Å²) in [6.07, 6.45) is 1.83. The number of unbranched alkanes of at least 4 members (excludes halogenated alkanes) is 1. The third kappa shape index (κ3) is 3.11. The molecule has 0 spiro atoms. The largest absolute Gasteiger partial charge is 0.491 e. The van der Waals surface area contributed by atoms with E-state index in [1.165, 1.54) is 12.1 Å². The fraction of sp³-hybridized carbons (Fsp3) is 0.400. The summed E-state index contributed by atoms with van der Waals surface area (Å²) in [5, 5.41) is 0. The maximum Gasteiger partial charge on any atom is 0.296 e. The molecule has 0 amide bonds. The number of hydrogen-bond donors (Lipinski definition) is 2. The molecule has 1 aromatic carbocycles. The number of rotatable bonds is 5. The molecule has 0 radical (unpaired) electrons. The number of nitrogens with two attached hydrogens (primary N) is 1. The predicted molar refractivity (Wildman–Crippen MR) is 61.1 cm³/mol. The van der Waals surface area contributed by atoms with Crippen molar-refractivity contribution >= 4 is 15.8 Å². The zero-order chi connectivity index (χ0) is 12.2. The van der Waals surface area contributed by atoms with Crippen molar-refractivity contribution in [3.05, 3.63) is 18.2 Å². The first-order valence-electron chi connectivity index (χ1n) is 4.95. The predicted octanol–water partition coefficient (Wildman–Crippen LogP) is 1.69. The zero-order valence-corrected chi connectivity index (χ0v) is 9.83. The topological polar surface area (TPSA) is 89.6 Å².